The molecule has 2 N–H and O–H groups in total. The molecule has 6 nitrogen and oxygen atoms in total. The van der Waals surface area contributed by atoms with Gasteiger partial charge in [-0.1, -0.05) is 48.0 Å². The Morgan fingerprint density at radius 2 is 1.64 bits per heavy atom. The van der Waals surface area contributed by atoms with Gasteiger partial charge in [-0.05, 0) is 48.0 Å². The molecule has 0 aliphatic heterocycles. The third-order valence-electron chi connectivity index (χ3n) is 3.77. The summed E-state index contributed by atoms with van der Waals surface area (Å²) in [6.07, 6.45) is 0. The molecule has 144 valence electrons. The largest absolute Gasteiger partial charge is 0.489 e. The highest BCUT2D eigenvalue weighted by Gasteiger charge is 2.16. The Morgan fingerprint density at radius 3 is 2.32 bits per heavy atom. The van der Waals surface area contributed by atoms with Gasteiger partial charge in [0.05, 0.1) is 4.90 Å². The van der Waals surface area contributed by atoms with Crippen molar-refractivity contribution < 1.29 is 17.9 Å². The molecule has 28 heavy (non-hydrogen) atoms. The lowest BCUT2D eigenvalue weighted by atomic mass is 10.1. The standard InChI is InChI=1S/C20H17ClN2O4S/c21-17-5-4-8-19(13-17)28(25,26)23-22-20(24)16-11-9-15(10-12-16)14-27-18-6-2-1-3-7-18/h1-13,23H,14H2,(H,22,24). The number of hydrogen-bond donors (Lipinski definition) is 2. The topological polar surface area (TPSA) is 84.5 Å². The first-order chi connectivity index (χ1) is 13.4. The van der Waals surface area contributed by atoms with Crippen molar-refractivity contribution >= 4 is 27.5 Å². The van der Waals surface area contributed by atoms with Crippen molar-refractivity contribution in [1.29, 1.82) is 0 Å². The Labute approximate surface area is 168 Å². The van der Waals surface area contributed by atoms with Crippen molar-refractivity contribution in [1.82, 2.24) is 10.3 Å². The molecule has 0 unspecified atom stereocenters. The average Bonchev–Trinajstić information content (AvgIpc) is 2.72. The Morgan fingerprint density at radius 1 is 0.929 bits per heavy atom. The fourth-order valence-electron chi connectivity index (χ4n) is 2.31. The number of para-hydroxylation sites is 1. The molecular weight excluding hydrogens is 400 g/mol. The number of halogens is 1. The number of rotatable bonds is 7. The van der Waals surface area contributed by atoms with Crippen LogP contribution in [0.1, 0.15) is 15.9 Å². The van der Waals surface area contributed by atoms with E-state index in [1.54, 1.807) is 30.3 Å². The van der Waals surface area contributed by atoms with Gasteiger partial charge in [-0.25, -0.2) is 8.42 Å². The molecule has 1 amide bonds. The van der Waals surface area contributed by atoms with Crippen molar-refractivity contribution in [3.8, 4) is 5.75 Å². The van der Waals surface area contributed by atoms with Crippen LogP contribution in [0.5, 0.6) is 5.75 Å². The summed E-state index contributed by atoms with van der Waals surface area (Å²) in [4.78, 5) is 14.2. The summed E-state index contributed by atoms with van der Waals surface area (Å²) in [6.45, 7) is 0.354. The number of carbonyl (C=O) groups excluding carboxylic acids is 1. The van der Waals surface area contributed by atoms with E-state index in [2.05, 4.69) is 10.3 Å². The lowest BCUT2D eigenvalue weighted by molar-refractivity contribution is 0.0945. The monoisotopic (exact) mass is 416 g/mol. The van der Waals surface area contributed by atoms with Crippen LogP contribution < -0.4 is 15.0 Å². The Balaban J connectivity index is 1.57. The van der Waals surface area contributed by atoms with Gasteiger partial charge in [-0.15, -0.1) is 4.83 Å². The molecule has 0 aromatic heterocycles. The van der Waals surface area contributed by atoms with Crippen LogP contribution in [-0.4, -0.2) is 14.3 Å². The number of carbonyl (C=O) groups is 1. The minimum absolute atomic E-state index is 0.0475. The van der Waals surface area contributed by atoms with Crippen LogP contribution in [0.4, 0.5) is 0 Å². The fourth-order valence-corrected chi connectivity index (χ4v) is 3.45. The summed E-state index contributed by atoms with van der Waals surface area (Å²) in [5.41, 5.74) is 3.36. The minimum Gasteiger partial charge on any atom is -0.489 e. The first-order valence-electron chi connectivity index (χ1n) is 8.28. The Bertz CT molecular complexity index is 1060. The second-order valence-electron chi connectivity index (χ2n) is 5.82. The van der Waals surface area contributed by atoms with Crippen molar-refractivity contribution in [2.45, 2.75) is 11.5 Å². The van der Waals surface area contributed by atoms with Gasteiger partial charge in [-0.2, -0.15) is 0 Å². The summed E-state index contributed by atoms with van der Waals surface area (Å²) in [5.74, 6) is 0.167. The van der Waals surface area contributed by atoms with Crippen molar-refractivity contribution in [2.24, 2.45) is 0 Å². The second kappa shape index (κ2) is 8.88. The number of amides is 1. The molecule has 0 heterocycles. The quantitative estimate of drug-likeness (QED) is 0.577. The summed E-state index contributed by atoms with van der Waals surface area (Å²) < 4.78 is 30.0. The summed E-state index contributed by atoms with van der Waals surface area (Å²) in [5, 5.41) is 0.280. The van der Waals surface area contributed by atoms with E-state index in [9.17, 15) is 13.2 Å². The van der Waals surface area contributed by atoms with E-state index in [4.69, 9.17) is 16.3 Å². The van der Waals surface area contributed by atoms with E-state index >= 15 is 0 Å². The SMILES string of the molecule is O=C(NNS(=O)(=O)c1cccc(Cl)c1)c1ccc(COc2ccccc2)cc1. The van der Waals surface area contributed by atoms with Gasteiger partial charge in [0.25, 0.3) is 15.9 Å². The Hall–Kier alpha value is -2.87. The lowest BCUT2D eigenvalue weighted by Gasteiger charge is -2.10. The molecule has 8 heteroatoms. The van der Waals surface area contributed by atoms with Gasteiger partial charge < -0.3 is 4.74 Å². The zero-order valence-electron chi connectivity index (χ0n) is 14.6. The molecule has 0 saturated carbocycles. The zero-order valence-corrected chi connectivity index (χ0v) is 16.2. The first kappa shape index (κ1) is 19.9. The van der Waals surface area contributed by atoms with Gasteiger partial charge in [0, 0.05) is 10.6 Å². The molecule has 3 aromatic carbocycles. The van der Waals surface area contributed by atoms with Crippen LogP contribution in [0, 0.1) is 0 Å². The number of ether oxygens (including phenoxy) is 1. The highest BCUT2D eigenvalue weighted by molar-refractivity contribution is 7.89. The zero-order chi connectivity index (χ0) is 20.0. The van der Waals surface area contributed by atoms with Crippen LogP contribution in [-0.2, 0) is 16.6 Å². The molecule has 0 aliphatic rings. The van der Waals surface area contributed by atoms with Crippen LogP contribution in [0.25, 0.3) is 0 Å². The minimum atomic E-state index is -3.92. The highest BCUT2D eigenvalue weighted by Crippen LogP contribution is 2.15. The number of benzene rings is 3. The first-order valence-corrected chi connectivity index (χ1v) is 10.1. The van der Waals surface area contributed by atoms with Crippen molar-refractivity contribution in [3.63, 3.8) is 0 Å². The molecular formula is C20H17ClN2O4S. The fraction of sp³-hybridized carbons (Fsp3) is 0.0500. The molecule has 0 fully saturated rings. The number of sulfonamides is 1. The van der Waals surface area contributed by atoms with Crippen molar-refractivity contribution in [2.75, 3.05) is 0 Å². The third-order valence-corrected chi connectivity index (χ3v) is 5.25. The van der Waals surface area contributed by atoms with Gasteiger partial charge in [0.15, 0.2) is 0 Å². The highest BCUT2D eigenvalue weighted by atomic mass is 35.5. The van der Waals surface area contributed by atoms with E-state index in [1.807, 2.05) is 30.3 Å². The summed E-state index contributed by atoms with van der Waals surface area (Å²) in [7, 11) is -3.92. The molecule has 3 aromatic rings. The Kier molecular flexibility index (Phi) is 6.30. The maximum atomic E-state index is 12.2. The van der Waals surface area contributed by atoms with Crippen molar-refractivity contribution in [3.05, 3.63) is 95.0 Å². The molecule has 0 radical (unpaired) electrons. The van der Waals surface area contributed by atoms with Crippen LogP contribution in [0.15, 0.2) is 83.8 Å². The van der Waals surface area contributed by atoms with Crippen LogP contribution in [0.2, 0.25) is 5.02 Å². The predicted molar refractivity (Wildman–Crippen MR) is 106 cm³/mol. The predicted octanol–water partition coefficient (Wildman–Crippen LogP) is 3.54. The van der Waals surface area contributed by atoms with E-state index in [-0.39, 0.29) is 9.92 Å². The molecule has 0 aliphatic carbocycles. The summed E-state index contributed by atoms with van der Waals surface area (Å²) >= 11 is 5.80. The smallest absolute Gasteiger partial charge is 0.266 e. The molecule has 0 bridgehead atoms. The molecule has 3 rings (SSSR count). The lowest BCUT2D eigenvalue weighted by Crippen LogP contribution is -2.41. The molecule has 0 atom stereocenters. The van der Waals surface area contributed by atoms with E-state index < -0.39 is 15.9 Å². The second-order valence-corrected chi connectivity index (χ2v) is 7.93. The number of hydrogen-bond acceptors (Lipinski definition) is 4. The normalized spacial score (nSPS) is 11.0. The third kappa shape index (κ3) is 5.32. The average molecular weight is 417 g/mol. The van der Waals surface area contributed by atoms with Crippen LogP contribution in [0.3, 0.4) is 0 Å². The molecule has 0 spiro atoms. The summed E-state index contributed by atoms with van der Waals surface area (Å²) in [6, 6.07) is 21.8. The van der Waals surface area contributed by atoms with E-state index in [1.165, 1.54) is 18.2 Å². The van der Waals surface area contributed by atoms with E-state index in [0.717, 1.165) is 11.3 Å². The van der Waals surface area contributed by atoms with Gasteiger partial charge >= 0.3 is 0 Å². The van der Waals surface area contributed by atoms with Crippen LogP contribution >= 0.6 is 11.6 Å². The molecule has 0 saturated heterocycles. The maximum Gasteiger partial charge on any atom is 0.266 e. The van der Waals surface area contributed by atoms with E-state index in [0.29, 0.717) is 12.2 Å². The maximum absolute atomic E-state index is 12.2. The number of nitrogens with one attached hydrogen (secondary N) is 2. The number of hydrazine groups is 1. The van der Waals surface area contributed by atoms with Gasteiger partial charge in [0.2, 0.25) is 0 Å². The van der Waals surface area contributed by atoms with Gasteiger partial charge in [-0.3, -0.25) is 10.2 Å². The van der Waals surface area contributed by atoms with Gasteiger partial charge in [0.1, 0.15) is 12.4 Å².